The Morgan fingerprint density at radius 3 is 2.61 bits per heavy atom. The summed E-state index contributed by atoms with van der Waals surface area (Å²) in [5.41, 5.74) is -0.146. The maximum Gasteiger partial charge on any atom is 0.410 e. The molecule has 0 radical (unpaired) electrons. The van der Waals surface area contributed by atoms with Gasteiger partial charge in [-0.3, -0.25) is 0 Å². The van der Waals surface area contributed by atoms with Crippen LogP contribution in [-0.4, -0.2) is 53.3 Å². The summed E-state index contributed by atoms with van der Waals surface area (Å²) >= 11 is 5.81. The molecule has 23 heavy (non-hydrogen) atoms. The molecule has 1 aliphatic heterocycles. The molecule has 7 nitrogen and oxygen atoms in total. The summed E-state index contributed by atoms with van der Waals surface area (Å²) in [6, 6.07) is 1.49. The number of carbonyl (C=O) groups is 1. The van der Waals surface area contributed by atoms with Gasteiger partial charge in [0.1, 0.15) is 10.8 Å². The van der Waals surface area contributed by atoms with Crippen molar-refractivity contribution < 1.29 is 17.9 Å². The molecule has 1 amide bonds. The number of ether oxygens (including phenoxy) is 1. The first-order valence-electron chi connectivity index (χ1n) is 7.22. The van der Waals surface area contributed by atoms with Crippen molar-refractivity contribution in [2.45, 2.75) is 50.1 Å². The van der Waals surface area contributed by atoms with Gasteiger partial charge in [-0.15, -0.1) is 0 Å². The van der Waals surface area contributed by atoms with Crippen LogP contribution in [0.3, 0.4) is 0 Å². The van der Waals surface area contributed by atoms with Crippen molar-refractivity contribution in [2.24, 2.45) is 0 Å². The normalized spacial score (nSPS) is 19.0. The van der Waals surface area contributed by atoms with Gasteiger partial charge >= 0.3 is 6.09 Å². The van der Waals surface area contributed by atoms with Crippen LogP contribution in [0.4, 0.5) is 4.79 Å². The molecule has 128 valence electrons. The second kappa shape index (κ2) is 6.24. The van der Waals surface area contributed by atoms with E-state index in [4.69, 9.17) is 16.3 Å². The average molecular weight is 362 g/mol. The van der Waals surface area contributed by atoms with E-state index in [1.54, 1.807) is 27.7 Å². The van der Waals surface area contributed by atoms with Gasteiger partial charge in [0.2, 0.25) is 15.0 Å². The first-order chi connectivity index (χ1) is 10.5. The highest BCUT2D eigenvalue weighted by atomic mass is 35.5. The Balaban J connectivity index is 2.15. The summed E-state index contributed by atoms with van der Waals surface area (Å²) < 4.78 is 30.5. The number of likely N-dealkylation sites (tertiary alicyclic amines) is 1. The van der Waals surface area contributed by atoms with E-state index in [9.17, 15) is 13.2 Å². The molecule has 1 aliphatic rings. The van der Waals surface area contributed by atoms with Gasteiger partial charge in [-0.1, -0.05) is 11.6 Å². The van der Waals surface area contributed by atoms with E-state index >= 15 is 0 Å². The van der Waals surface area contributed by atoms with Gasteiger partial charge in [-0.25, -0.2) is 23.2 Å². The number of sulfone groups is 1. The lowest BCUT2D eigenvalue weighted by molar-refractivity contribution is 0.0295. The van der Waals surface area contributed by atoms with E-state index in [2.05, 4.69) is 9.97 Å². The third kappa shape index (κ3) is 4.32. The molecule has 2 heterocycles. The van der Waals surface area contributed by atoms with Crippen LogP contribution in [0, 0.1) is 6.92 Å². The predicted octanol–water partition coefficient (Wildman–Crippen LogP) is 2.22. The minimum Gasteiger partial charge on any atom is -0.444 e. The lowest BCUT2D eigenvalue weighted by Gasteiger charge is -2.24. The zero-order valence-electron chi connectivity index (χ0n) is 13.5. The number of nitrogens with zero attached hydrogens (tertiary/aromatic N) is 3. The van der Waals surface area contributed by atoms with Crippen molar-refractivity contribution in [1.82, 2.24) is 14.9 Å². The minimum absolute atomic E-state index is 0.0617. The van der Waals surface area contributed by atoms with Crippen molar-refractivity contribution in [2.75, 3.05) is 13.1 Å². The number of carbonyl (C=O) groups excluding carboxylic acids is 1. The van der Waals surface area contributed by atoms with Crippen LogP contribution in [0.15, 0.2) is 11.2 Å². The van der Waals surface area contributed by atoms with Crippen LogP contribution >= 0.6 is 11.6 Å². The molecule has 1 saturated heterocycles. The first kappa shape index (κ1) is 17.9. The van der Waals surface area contributed by atoms with Crippen LogP contribution < -0.4 is 0 Å². The molecular formula is C14H20ClN3O4S. The molecule has 9 heteroatoms. The molecule has 1 fully saturated rings. The molecule has 0 saturated carbocycles. The fraction of sp³-hybridized carbons (Fsp3) is 0.643. The molecule has 1 atom stereocenters. The monoisotopic (exact) mass is 361 g/mol. The van der Waals surface area contributed by atoms with E-state index in [0.29, 0.717) is 18.7 Å². The number of amides is 1. The summed E-state index contributed by atoms with van der Waals surface area (Å²) in [5.74, 6) is 0. The van der Waals surface area contributed by atoms with Gasteiger partial charge in [-0.05, 0) is 40.2 Å². The van der Waals surface area contributed by atoms with Crippen LogP contribution in [0.5, 0.6) is 0 Å². The third-order valence-electron chi connectivity index (χ3n) is 3.29. The summed E-state index contributed by atoms with van der Waals surface area (Å²) in [6.45, 7) is 7.31. The van der Waals surface area contributed by atoms with Gasteiger partial charge in [0.15, 0.2) is 0 Å². The Bertz CT molecular complexity index is 695. The number of hydrogen-bond acceptors (Lipinski definition) is 6. The van der Waals surface area contributed by atoms with Gasteiger partial charge in [0.25, 0.3) is 0 Å². The average Bonchev–Trinajstić information content (AvgIpc) is 2.85. The molecule has 1 aromatic heterocycles. The standard InChI is InChI=1S/C14H20ClN3O4S/c1-9-7-11(15)17-12(16-9)23(20,21)10-5-6-18(8-10)13(19)22-14(2,3)4/h7,10H,5-6,8H2,1-4H3. The Kier molecular flexibility index (Phi) is 4.86. The van der Waals surface area contributed by atoms with E-state index in [0.717, 1.165) is 0 Å². The molecule has 1 aromatic rings. The third-order valence-corrected chi connectivity index (χ3v) is 5.44. The van der Waals surface area contributed by atoms with Crippen LogP contribution in [0.2, 0.25) is 5.15 Å². The van der Waals surface area contributed by atoms with Crippen molar-refractivity contribution in [3.8, 4) is 0 Å². The molecule has 0 aliphatic carbocycles. The largest absolute Gasteiger partial charge is 0.444 e. The van der Waals surface area contributed by atoms with E-state index in [1.807, 2.05) is 0 Å². The molecule has 0 spiro atoms. The quantitative estimate of drug-likeness (QED) is 0.592. The predicted molar refractivity (Wildman–Crippen MR) is 85.2 cm³/mol. The number of rotatable bonds is 2. The van der Waals surface area contributed by atoms with Crippen molar-refractivity contribution in [3.63, 3.8) is 0 Å². The van der Waals surface area contributed by atoms with Gasteiger partial charge < -0.3 is 9.64 Å². The number of halogens is 1. The minimum atomic E-state index is -3.75. The zero-order valence-corrected chi connectivity index (χ0v) is 15.1. The fourth-order valence-electron chi connectivity index (χ4n) is 2.25. The Morgan fingerprint density at radius 1 is 1.39 bits per heavy atom. The molecule has 0 bridgehead atoms. The van der Waals surface area contributed by atoms with Gasteiger partial charge in [-0.2, -0.15) is 0 Å². The lowest BCUT2D eigenvalue weighted by atomic mass is 10.2. The topological polar surface area (TPSA) is 89.5 Å². The number of aromatic nitrogens is 2. The van der Waals surface area contributed by atoms with Crippen molar-refractivity contribution in [3.05, 3.63) is 16.9 Å². The van der Waals surface area contributed by atoms with Crippen LogP contribution in [-0.2, 0) is 14.6 Å². The fourth-order valence-corrected chi connectivity index (χ4v) is 4.13. The highest BCUT2D eigenvalue weighted by molar-refractivity contribution is 7.91. The molecule has 2 rings (SSSR count). The summed E-state index contributed by atoms with van der Waals surface area (Å²) in [7, 11) is -3.75. The molecule has 0 N–H and O–H groups in total. The Labute approximate surface area is 140 Å². The number of aryl methyl sites for hydroxylation is 1. The number of hydrogen-bond donors (Lipinski definition) is 0. The van der Waals surface area contributed by atoms with Gasteiger partial charge in [0.05, 0.1) is 5.25 Å². The zero-order chi connectivity index (χ0) is 17.4. The second-order valence-corrected chi connectivity index (χ2v) is 9.01. The Hall–Kier alpha value is -1.41. The van der Waals surface area contributed by atoms with Crippen molar-refractivity contribution >= 4 is 27.5 Å². The summed E-state index contributed by atoms with van der Waals surface area (Å²) in [4.78, 5) is 21.2. The van der Waals surface area contributed by atoms with Crippen LogP contribution in [0.25, 0.3) is 0 Å². The molecule has 1 unspecified atom stereocenters. The highest BCUT2D eigenvalue weighted by Crippen LogP contribution is 2.24. The smallest absolute Gasteiger partial charge is 0.410 e. The highest BCUT2D eigenvalue weighted by Gasteiger charge is 2.39. The van der Waals surface area contributed by atoms with E-state index < -0.39 is 26.8 Å². The van der Waals surface area contributed by atoms with E-state index in [1.165, 1.54) is 11.0 Å². The molecular weight excluding hydrogens is 342 g/mol. The SMILES string of the molecule is Cc1cc(Cl)nc(S(=O)(=O)C2CCN(C(=O)OC(C)(C)C)C2)n1. The summed E-state index contributed by atoms with van der Waals surface area (Å²) in [6.07, 6.45) is -0.199. The lowest BCUT2D eigenvalue weighted by Crippen LogP contribution is -2.37. The van der Waals surface area contributed by atoms with Crippen LogP contribution in [0.1, 0.15) is 32.9 Å². The molecule has 0 aromatic carbocycles. The van der Waals surface area contributed by atoms with E-state index in [-0.39, 0.29) is 16.9 Å². The maximum absolute atomic E-state index is 12.6. The second-order valence-electron chi connectivity index (χ2n) is 6.50. The Morgan fingerprint density at radius 2 is 2.04 bits per heavy atom. The maximum atomic E-state index is 12.6. The van der Waals surface area contributed by atoms with Gasteiger partial charge in [0, 0.05) is 18.8 Å². The van der Waals surface area contributed by atoms with Crippen molar-refractivity contribution in [1.29, 1.82) is 0 Å². The summed E-state index contributed by atoms with van der Waals surface area (Å²) in [5, 5.41) is -0.968. The first-order valence-corrected chi connectivity index (χ1v) is 9.14.